The van der Waals surface area contributed by atoms with Gasteiger partial charge in [-0.3, -0.25) is 0 Å². The quantitative estimate of drug-likeness (QED) is 0.563. The highest BCUT2D eigenvalue weighted by Gasteiger charge is 2.22. The van der Waals surface area contributed by atoms with Crippen molar-refractivity contribution in [3.63, 3.8) is 0 Å². The minimum atomic E-state index is -0.172. The van der Waals surface area contributed by atoms with Gasteiger partial charge in [0.2, 0.25) is 0 Å². The normalized spacial score (nSPS) is 14.5. The third kappa shape index (κ3) is 2.62. The largest absolute Gasteiger partial charge is 0.464 e. The lowest BCUT2D eigenvalue weighted by molar-refractivity contribution is 0.427. The van der Waals surface area contributed by atoms with Gasteiger partial charge >= 0.3 is 0 Å². The molecule has 0 saturated carbocycles. The van der Waals surface area contributed by atoms with Crippen LogP contribution in [0.25, 0.3) is 11.0 Å². The molecule has 21 heavy (non-hydrogen) atoms. The molecule has 0 amide bonds. The summed E-state index contributed by atoms with van der Waals surface area (Å²) >= 11 is 9.82. The summed E-state index contributed by atoms with van der Waals surface area (Å²) in [5, 5.41) is -0.172. The average molecular weight is 368 g/mol. The van der Waals surface area contributed by atoms with Crippen LogP contribution in [0.2, 0.25) is 0 Å². The minimum Gasteiger partial charge on any atom is -0.464 e. The van der Waals surface area contributed by atoms with E-state index >= 15 is 0 Å². The van der Waals surface area contributed by atoms with Gasteiger partial charge < -0.3 is 8.98 Å². The highest BCUT2D eigenvalue weighted by Crippen LogP contribution is 2.32. The third-order valence-electron chi connectivity index (χ3n) is 3.59. The maximum Gasteiger partial charge on any atom is 0.128 e. The van der Waals surface area contributed by atoms with E-state index in [-0.39, 0.29) is 11.4 Å². The molecule has 0 spiro atoms. The summed E-state index contributed by atoms with van der Waals surface area (Å²) in [6, 6.07) is 10.1. The van der Waals surface area contributed by atoms with Crippen LogP contribution in [0.1, 0.15) is 42.6 Å². The molecule has 2 aromatic heterocycles. The zero-order chi connectivity index (χ0) is 15.1. The van der Waals surface area contributed by atoms with E-state index < -0.39 is 0 Å². The third-order valence-corrected chi connectivity index (χ3v) is 4.28. The molecule has 2 heterocycles. The topological polar surface area (TPSA) is 31.0 Å². The van der Waals surface area contributed by atoms with Gasteiger partial charge in [-0.05, 0) is 51.1 Å². The second-order valence-corrected chi connectivity index (χ2v) is 6.78. The Morgan fingerprint density at radius 1 is 1.24 bits per heavy atom. The summed E-state index contributed by atoms with van der Waals surface area (Å²) in [4.78, 5) is 4.69. The van der Waals surface area contributed by atoms with E-state index in [0.717, 1.165) is 32.9 Å². The summed E-state index contributed by atoms with van der Waals surface area (Å²) in [6.07, 6.45) is 0. The van der Waals surface area contributed by atoms with E-state index in [9.17, 15) is 0 Å². The summed E-state index contributed by atoms with van der Waals surface area (Å²) < 4.78 is 8.94. The van der Waals surface area contributed by atoms with Gasteiger partial charge in [0.05, 0.1) is 22.5 Å². The highest BCUT2D eigenvalue weighted by molar-refractivity contribution is 9.10. The first kappa shape index (κ1) is 14.7. The molecule has 0 N–H and O–H groups in total. The van der Waals surface area contributed by atoms with Gasteiger partial charge in [-0.1, -0.05) is 15.9 Å². The van der Waals surface area contributed by atoms with E-state index in [2.05, 4.69) is 38.5 Å². The number of halogens is 2. The van der Waals surface area contributed by atoms with Crippen molar-refractivity contribution in [2.75, 3.05) is 0 Å². The lowest BCUT2D eigenvalue weighted by atomic mass is 10.2. The van der Waals surface area contributed by atoms with Crippen molar-refractivity contribution in [2.45, 2.75) is 32.2 Å². The SMILES string of the molecule is Cc1ccc(C(C)n2c(C(C)Cl)nc3cc(Br)ccc32)o1. The summed E-state index contributed by atoms with van der Waals surface area (Å²) in [5.74, 6) is 2.67. The minimum absolute atomic E-state index is 0.0427. The number of hydrogen-bond acceptors (Lipinski definition) is 2. The van der Waals surface area contributed by atoms with Crippen molar-refractivity contribution in [1.29, 1.82) is 0 Å². The molecule has 3 aromatic rings. The molecule has 3 nitrogen and oxygen atoms in total. The Morgan fingerprint density at radius 3 is 2.62 bits per heavy atom. The number of fused-ring (bicyclic) bond motifs is 1. The number of aryl methyl sites for hydroxylation is 1. The Hall–Kier alpha value is -1.26. The van der Waals surface area contributed by atoms with Crippen molar-refractivity contribution in [3.8, 4) is 0 Å². The summed E-state index contributed by atoms with van der Waals surface area (Å²) in [6.45, 7) is 5.99. The monoisotopic (exact) mass is 366 g/mol. The molecule has 0 saturated heterocycles. The number of nitrogens with zero attached hydrogens (tertiary/aromatic N) is 2. The molecule has 1 aromatic carbocycles. The van der Waals surface area contributed by atoms with Crippen LogP contribution in [-0.2, 0) is 0 Å². The van der Waals surface area contributed by atoms with E-state index in [4.69, 9.17) is 16.0 Å². The zero-order valence-electron chi connectivity index (χ0n) is 12.1. The van der Waals surface area contributed by atoms with Crippen LogP contribution < -0.4 is 0 Å². The molecule has 0 bridgehead atoms. The first-order chi connectivity index (χ1) is 9.97. The molecular weight excluding hydrogens is 352 g/mol. The molecule has 5 heteroatoms. The highest BCUT2D eigenvalue weighted by atomic mass is 79.9. The molecule has 0 aliphatic heterocycles. The molecule has 0 aliphatic carbocycles. The van der Waals surface area contributed by atoms with Crippen LogP contribution in [0.3, 0.4) is 0 Å². The van der Waals surface area contributed by atoms with Crippen molar-refractivity contribution >= 4 is 38.6 Å². The number of furan rings is 1. The second-order valence-electron chi connectivity index (χ2n) is 5.21. The van der Waals surface area contributed by atoms with Gasteiger partial charge in [0.15, 0.2) is 0 Å². The Balaban J connectivity index is 2.21. The fraction of sp³-hybridized carbons (Fsp3) is 0.312. The maximum atomic E-state index is 6.33. The summed E-state index contributed by atoms with van der Waals surface area (Å²) in [7, 11) is 0. The number of aromatic nitrogens is 2. The average Bonchev–Trinajstić information content (AvgIpc) is 3.01. The van der Waals surface area contributed by atoms with E-state index in [1.54, 1.807) is 0 Å². The standard InChI is InChI=1S/C16H16BrClN2O/c1-9-4-7-15(21-9)11(3)20-14-6-5-12(17)8-13(14)19-16(20)10(2)18/h4-8,10-11H,1-3H3. The number of rotatable bonds is 3. The molecule has 2 atom stereocenters. The number of hydrogen-bond donors (Lipinski definition) is 0. The molecule has 3 rings (SSSR count). The Labute approximate surface area is 137 Å². The molecule has 0 radical (unpaired) electrons. The Morgan fingerprint density at radius 2 is 2.00 bits per heavy atom. The molecular formula is C16H16BrClN2O. The first-order valence-electron chi connectivity index (χ1n) is 6.85. The van der Waals surface area contributed by atoms with Crippen LogP contribution in [0, 0.1) is 6.92 Å². The lowest BCUT2D eigenvalue weighted by Gasteiger charge is -2.16. The fourth-order valence-corrected chi connectivity index (χ4v) is 3.09. The molecule has 2 unspecified atom stereocenters. The van der Waals surface area contributed by atoms with Gasteiger partial charge in [-0.15, -0.1) is 11.6 Å². The van der Waals surface area contributed by atoms with E-state index in [1.165, 1.54) is 0 Å². The van der Waals surface area contributed by atoms with E-state index in [1.807, 2.05) is 38.1 Å². The van der Waals surface area contributed by atoms with Crippen molar-refractivity contribution < 1.29 is 4.42 Å². The van der Waals surface area contributed by atoms with Crippen LogP contribution in [0.5, 0.6) is 0 Å². The van der Waals surface area contributed by atoms with Crippen LogP contribution >= 0.6 is 27.5 Å². The van der Waals surface area contributed by atoms with Crippen LogP contribution in [-0.4, -0.2) is 9.55 Å². The van der Waals surface area contributed by atoms with Gasteiger partial charge in [0, 0.05) is 4.47 Å². The predicted molar refractivity (Wildman–Crippen MR) is 89.0 cm³/mol. The van der Waals surface area contributed by atoms with E-state index in [0.29, 0.717) is 0 Å². The van der Waals surface area contributed by atoms with Crippen molar-refractivity contribution in [2.24, 2.45) is 0 Å². The summed E-state index contributed by atoms with van der Waals surface area (Å²) in [5.41, 5.74) is 1.99. The number of benzene rings is 1. The Kier molecular flexibility index (Phi) is 3.84. The molecule has 110 valence electrons. The maximum absolute atomic E-state index is 6.33. The first-order valence-corrected chi connectivity index (χ1v) is 8.08. The fourth-order valence-electron chi connectivity index (χ4n) is 2.58. The number of imidazole rings is 1. The van der Waals surface area contributed by atoms with Crippen LogP contribution in [0.15, 0.2) is 39.2 Å². The van der Waals surface area contributed by atoms with Gasteiger partial charge in [0.1, 0.15) is 17.3 Å². The van der Waals surface area contributed by atoms with Crippen molar-refractivity contribution in [1.82, 2.24) is 9.55 Å². The van der Waals surface area contributed by atoms with Crippen LogP contribution in [0.4, 0.5) is 0 Å². The van der Waals surface area contributed by atoms with Gasteiger partial charge in [0.25, 0.3) is 0 Å². The zero-order valence-corrected chi connectivity index (χ0v) is 14.4. The van der Waals surface area contributed by atoms with Crippen molar-refractivity contribution in [3.05, 3.63) is 52.1 Å². The predicted octanol–water partition coefficient (Wildman–Crippen LogP) is 5.61. The lowest BCUT2D eigenvalue weighted by Crippen LogP contribution is -2.10. The number of alkyl halides is 1. The molecule has 0 fully saturated rings. The smallest absolute Gasteiger partial charge is 0.128 e. The second kappa shape index (κ2) is 5.50. The van der Waals surface area contributed by atoms with Gasteiger partial charge in [-0.25, -0.2) is 4.98 Å². The Bertz CT molecular complexity index is 791. The van der Waals surface area contributed by atoms with Gasteiger partial charge in [-0.2, -0.15) is 0 Å². The molecule has 0 aliphatic rings.